The molecule has 2 nitrogen and oxygen atoms in total. The van der Waals surface area contributed by atoms with Crippen molar-refractivity contribution in [3.63, 3.8) is 0 Å². The molecule has 0 N–H and O–H groups in total. The fourth-order valence-corrected chi connectivity index (χ4v) is 2.28. The van der Waals surface area contributed by atoms with E-state index in [2.05, 4.69) is 0 Å². The van der Waals surface area contributed by atoms with Crippen molar-refractivity contribution in [3.8, 4) is 0 Å². The van der Waals surface area contributed by atoms with Crippen LogP contribution < -0.4 is 0 Å². The minimum atomic E-state index is 0.199. The van der Waals surface area contributed by atoms with Gasteiger partial charge in [-0.1, -0.05) is 18.7 Å². The van der Waals surface area contributed by atoms with E-state index in [0.717, 1.165) is 12.4 Å². The van der Waals surface area contributed by atoms with Gasteiger partial charge in [-0.3, -0.25) is 4.79 Å². The van der Waals surface area contributed by atoms with Gasteiger partial charge in [-0.15, -0.1) is 0 Å². The summed E-state index contributed by atoms with van der Waals surface area (Å²) in [4.78, 5) is 11.0. The summed E-state index contributed by atoms with van der Waals surface area (Å²) in [5.74, 6) is 1.58. The van der Waals surface area contributed by atoms with Gasteiger partial charge in [0.2, 0.25) is 0 Å². The molecule has 10 heavy (non-hydrogen) atoms. The molecule has 0 bridgehead atoms. The molecule has 1 saturated heterocycles. The first-order valence-corrected chi connectivity index (χ1v) is 4.40. The molecule has 2 atom stereocenters. The Balaban J connectivity index is 2.41. The number of hydrogen-bond acceptors (Lipinski definition) is 3. The summed E-state index contributed by atoms with van der Waals surface area (Å²) in [6, 6.07) is 0. The van der Waals surface area contributed by atoms with Gasteiger partial charge in [0, 0.05) is 24.7 Å². The monoisotopic (exact) mass is 160 g/mol. The van der Waals surface area contributed by atoms with E-state index in [1.165, 1.54) is 11.8 Å². The Labute approximate surface area is 65.3 Å². The van der Waals surface area contributed by atoms with Crippen LogP contribution in [-0.4, -0.2) is 24.6 Å². The summed E-state index contributed by atoms with van der Waals surface area (Å²) < 4.78 is 4.98. The highest BCUT2D eigenvalue weighted by Gasteiger charge is 2.31. The smallest absolute Gasteiger partial charge is 0.192 e. The predicted molar refractivity (Wildman–Crippen MR) is 42.0 cm³/mol. The first-order valence-electron chi connectivity index (χ1n) is 3.41. The second kappa shape index (κ2) is 3.39. The Morgan fingerprint density at radius 3 is 2.90 bits per heavy atom. The molecule has 0 aromatic heterocycles. The van der Waals surface area contributed by atoms with Gasteiger partial charge in [0.15, 0.2) is 5.12 Å². The summed E-state index contributed by atoms with van der Waals surface area (Å²) in [5.41, 5.74) is 0. The molecular weight excluding hydrogens is 148 g/mol. The molecule has 0 radical (unpaired) electrons. The average Bonchev–Trinajstić information content (AvgIpc) is 2.20. The summed E-state index contributed by atoms with van der Waals surface area (Å²) in [6.07, 6.45) is 0. The minimum Gasteiger partial charge on any atom is -0.384 e. The average molecular weight is 160 g/mol. The highest BCUT2D eigenvalue weighted by atomic mass is 32.2. The molecule has 0 spiro atoms. The Kier molecular flexibility index (Phi) is 2.74. The lowest BCUT2D eigenvalue weighted by atomic mass is 9.99. The fraction of sp³-hybridized carbons (Fsp3) is 0.857. The lowest BCUT2D eigenvalue weighted by Crippen LogP contribution is -2.16. The van der Waals surface area contributed by atoms with Crippen LogP contribution in [-0.2, 0) is 9.53 Å². The SMILES string of the molecule is COCC1CSC(=O)C1C. The molecule has 1 rings (SSSR count). The van der Waals surface area contributed by atoms with E-state index in [0.29, 0.717) is 11.0 Å². The van der Waals surface area contributed by atoms with Crippen LogP contribution in [0.5, 0.6) is 0 Å². The van der Waals surface area contributed by atoms with Gasteiger partial charge in [0.05, 0.1) is 6.61 Å². The summed E-state index contributed by atoms with van der Waals surface area (Å²) in [7, 11) is 1.68. The van der Waals surface area contributed by atoms with Crippen molar-refractivity contribution in [1.29, 1.82) is 0 Å². The number of methoxy groups -OCH3 is 1. The number of carbonyl (C=O) groups is 1. The molecule has 1 heterocycles. The van der Waals surface area contributed by atoms with E-state index in [-0.39, 0.29) is 5.92 Å². The van der Waals surface area contributed by atoms with Gasteiger partial charge < -0.3 is 4.74 Å². The number of hydrogen-bond donors (Lipinski definition) is 0. The van der Waals surface area contributed by atoms with Crippen LogP contribution in [0.25, 0.3) is 0 Å². The quantitative estimate of drug-likeness (QED) is 0.606. The van der Waals surface area contributed by atoms with Gasteiger partial charge in [0.1, 0.15) is 0 Å². The highest BCUT2D eigenvalue weighted by molar-refractivity contribution is 8.14. The molecule has 0 aliphatic carbocycles. The summed E-state index contributed by atoms with van der Waals surface area (Å²) in [6.45, 7) is 2.70. The maximum absolute atomic E-state index is 11.0. The van der Waals surface area contributed by atoms with Gasteiger partial charge in [-0.2, -0.15) is 0 Å². The number of rotatable bonds is 2. The van der Waals surface area contributed by atoms with E-state index in [1.54, 1.807) is 7.11 Å². The molecule has 0 saturated carbocycles. The lowest BCUT2D eigenvalue weighted by molar-refractivity contribution is -0.114. The van der Waals surface area contributed by atoms with Crippen LogP contribution in [0.15, 0.2) is 0 Å². The van der Waals surface area contributed by atoms with Gasteiger partial charge in [0.25, 0.3) is 0 Å². The number of thioether (sulfide) groups is 1. The Hall–Kier alpha value is -0.0200. The largest absolute Gasteiger partial charge is 0.384 e. The number of ether oxygens (including phenoxy) is 1. The Morgan fingerprint density at radius 2 is 2.50 bits per heavy atom. The molecule has 58 valence electrons. The van der Waals surface area contributed by atoms with Crippen LogP contribution >= 0.6 is 11.8 Å². The molecular formula is C7H12O2S. The van der Waals surface area contributed by atoms with Gasteiger partial charge >= 0.3 is 0 Å². The molecule has 1 aliphatic rings. The first kappa shape index (κ1) is 8.08. The second-order valence-corrected chi connectivity index (χ2v) is 3.66. The molecule has 3 heteroatoms. The fourth-order valence-electron chi connectivity index (χ4n) is 1.06. The molecule has 0 aromatic carbocycles. The molecule has 0 aromatic rings. The molecule has 0 amide bonds. The maximum atomic E-state index is 11.0. The van der Waals surface area contributed by atoms with Crippen LogP contribution in [0, 0.1) is 11.8 Å². The van der Waals surface area contributed by atoms with Gasteiger partial charge in [-0.05, 0) is 0 Å². The van der Waals surface area contributed by atoms with E-state index in [1.807, 2.05) is 6.92 Å². The third-order valence-corrected chi connectivity index (χ3v) is 3.15. The van der Waals surface area contributed by atoms with Crippen molar-refractivity contribution in [2.24, 2.45) is 11.8 Å². The minimum absolute atomic E-state index is 0.199. The van der Waals surface area contributed by atoms with E-state index >= 15 is 0 Å². The van der Waals surface area contributed by atoms with Crippen molar-refractivity contribution in [1.82, 2.24) is 0 Å². The standard InChI is InChI=1S/C7H12O2S/c1-5-6(3-9-2)4-10-7(5)8/h5-6H,3-4H2,1-2H3. The zero-order chi connectivity index (χ0) is 7.56. The van der Waals surface area contributed by atoms with Crippen molar-refractivity contribution >= 4 is 16.9 Å². The van der Waals surface area contributed by atoms with Crippen LogP contribution in [0.1, 0.15) is 6.92 Å². The lowest BCUT2D eigenvalue weighted by Gasteiger charge is -2.10. The highest BCUT2D eigenvalue weighted by Crippen LogP contribution is 2.30. The third kappa shape index (κ3) is 1.52. The van der Waals surface area contributed by atoms with E-state index < -0.39 is 0 Å². The zero-order valence-electron chi connectivity index (χ0n) is 6.29. The van der Waals surface area contributed by atoms with Crippen LogP contribution in [0.4, 0.5) is 0 Å². The first-order chi connectivity index (χ1) is 4.75. The van der Waals surface area contributed by atoms with Crippen molar-refractivity contribution < 1.29 is 9.53 Å². The molecule has 1 aliphatic heterocycles. The van der Waals surface area contributed by atoms with Crippen LogP contribution in [0.3, 0.4) is 0 Å². The summed E-state index contributed by atoms with van der Waals surface area (Å²) in [5, 5.41) is 0.321. The van der Waals surface area contributed by atoms with E-state index in [4.69, 9.17) is 4.74 Å². The predicted octanol–water partition coefficient (Wildman–Crippen LogP) is 1.16. The Bertz CT molecular complexity index is 136. The normalized spacial score (nSPS) is 33.2. The van der Waals surface area contributed by atoms with Crippen molar-refractivity contribution in [2.75, 3.05) is 19.5 Å². The Morgan fingerprint density at radius 1 is 1.80 bits per heavy atom. The third-order valence-electron chi connectivity index (χ3n) is 1.90. The second-order valence-electron chi connectivity index (χ2n) is 2.63. The topological polar surface area (TPSA) is 26.3 Å². The van der Waals surface area contributed by atoms with E-state index in [9.17, 15) is 4.79 Å². The van der Waals surface area contributed by atoms with Crippen LogP contribution in [0.2, 0.25) is 0 Å². The van der Waals surface area contributed by atoms with Gasteiger partial charge in [-0.25, -0.2) is 0 Å². The van der Waals surface area contributed by atoms with Crippen molar-refractivity contribution in [3.05, 3.63) is 0 Å². The molecule has 2 unspecified atom stereocenters. The molecule has 1 fully saturated rings. The maximum Gasteiger partial charge on any atom is 0.192 e. The van der Waals surface area contributed by atoms with Crippen molar-refractivity contribution in [2.45, 2.75) is 6.92 Å². The number of carbonyl (C=O) groups excluding carboxylic acids is 1. The zero-order valence-corrected chi connectivity index (χ0v) is 7.11. The summed E-state index contributed by atoms with van der Waals surface area (Å²) >= 11 is 1.43.